The van der Waals surface area contributed by atoms with Gasteiger partial charge in [0.05, 0.1) is 5.69 Å². The number of hydrogen-bond acceptors (Lipinski definition) is 3. The van der Waals surface area contributed by atoms with Crippen LogP contribution in [-0.4, -0.2) is 36.4 Å². The van der Waals surface area contributed by atoms with Gasteiger partial charge in [0.2, 0.25) is 5.91 Å². The summed E-state index contributed by atoms with van der Waals surface area (Å²) >= 11 is 0. The molecular weight excluding hydrogens is 268 g/mol. The van der Waals surface area contributed by atoms with Crippen LogP contribution in [0.5, 0.6) is 5.75 Å². The van der Waals surface area contributed by atoms with E-state index in [2.05, 4.69) is 12.2 Å². The number of nitrogens with zero attached hydrogens (tertiary/aromatic N) is 1. The summed E-state index contributed by atoms with van der Waals surface area (Å²) in [5.41, 5.74) is 0.588. The first kappa shape index (κ1) is 15.4. The van der Waals surface area contributed by atoms with Crippen molar-refractivity contribution in [3.8, 4) is 5.75 Å². The number of rotatable bonds is 4. The van der Waals surface area contributed by atoms with Crippen LogP contribution in [0.2, 0.25) is 0 Å². The fraction of sp³-hybridized carbons (Fsp3) is 0.500. The van der Waals surface area contributed by atoms with E-state index in [1.54, 1.807) is 12.1 Å². The molecule has 0 aliphatic carbocycles. The molecule has 0 radical (unpaired) electrons. The van der Waals surface area contributed by atoms with Gasteiger partial charge in [0.15, 0.2) is 6.61 Å². The maximum atomic E-state index is 12.1. The van der Waals surface area contributed by atoms with Crippen molar-refractivity contribution in [1.82, 2.24) is 4.90 Å². The summed E-state index contributed by atoms with van der Waals surface area (Å²) in [5, 5.41) is 2.69. The van der Waals surface area contributed by atoms with Gasteiger partial charge in [-0.05, 0) is 30.9 Å². The molecule has 0 aromatic heterocycles. The van der Waals surface area contributed by atoms with E-state index in [9.17, 15) is 9.59 Å². The lowest BCUT2D eigenvalue weighted by molar-refractivity contribution is -0.134. The van der Waals surface area contributed by atoms with Gasteiger partial charge in [-0.1, -0.05) is 19.1 Å². The molecule has 5 heteroatoms. The van der Waals surface area contributed by atoms with Crippen LogP contribution in [0.3, 0.4) is 0 Å². The van der Waals surface area contributed by atoms with Crippen LogP contribution >= 0.6 is 0 Å². The van der Waals surface area contributed by atoms with Gasteiger partial charge in [0.1, 0.15) is 5.75 Å². The third kappa shape index (κ3) is 4.48. The predicted octanol–water partition coefficient (Wildman–Crippen LogP) is 2.28. The van der Waals surface area contributed by atoms with Gasteiger partial charge in [-0.25, -0.2) is 0 Å². The highest BCUT2D eigenvalue weighted by Crippen LogP contribution is 2.24. The molecule has 21 heavy (non-hydrogen) atoms. The summed E-state index contributed by atoms with van der Waals surface area (Å²) in [5.74, 6) is 1.05. The minimum Gasteiger partial charge on any atom is -0.482 e. The predicted molar refractivity (Wildman–Crippen MR) is 81.2 cm³/mol. The zero-order valence-corrected chi connectivity index (χ0v) is 12.6. The number of likely N-dealkylation sites (tertiary alicyclic amines) is 1. The minimum absolute atomic E-state index is 0.000437. The standard InChI is InChI=1S/C16H22N2O3/c1-12-7-9-18(10-8-12)16(20)11-21-15-6-4-3-5-14(15)17-13(2)19/h3-6,12H,7-11H2,1-2H3,(H,17,19). The zero-order chi connectivity index (χ0) is 15.2. The monoisotopic (exact) mass is 290 g/mol. The Morgan fingerprint density at radius 3 is 2.62 bits per heavy atom. The summed E-state index contributed by atoms with van der Waals surface area (Å²) in [4.78, 5) is 25.1. The molecule has 1 aromatic carbocycles. The Hall–Kier alpha value is -2.04. The number of para-hydroxylation sites is 2. The quantitative estimate of drug-likeness (QED) is 0.925. The van der Waals surface area contributed by atoms with Crippen molar-refractivity contribution in [2.24, 2.45) is 5.92 Å². The topological polar surface area (TPSA) is 58.6 Å². The number of ether oxygens (including phenoxy) is 1. The third-order valence-corrected chi connectivity index (χ3v) is 3.69. The fourth-order valence-electron chi connectivity index (χ4n) is 2.37. The van der Waals surface area contributed by atoms with E-state index in [0.717, 1.165) is 25.9 Å². The minimum atomic E-state index is -0.164. The Bertz CT molecular complexity index is 508. The average molecular weight is 290 g/mol. The Kier molecular flexibility index (Phi) is 5.20. The van der Waals surface area contributed by atoms with Crippen LogP contribution < -0.4 is 10.1 Å². The second-order valence-corrected chi connectivity index (χ2v) is 5.53. The zero-order valence-electron chi connectivity index (χ0n) is 12.6. The van der Waals surface area contributed by atoms with E-state index in [4.69, 9.17) is 4.74 Å². The van der Waals surface area contributed by atoms with Crippen LogP contribution in [-0.2, 0) is 9.59 Å². The molecule has 0 bridgehead atoms. The normalized spacial score (nSPS) is 15.6. The summed E-state index contributed by atoms with van der Waals surface area (Å²) in [6.07, 6.45) is 2.10. The number of hydrogen-bond donors (Lipinski definition) is 1. The van der Waals surface area contributed by atoms with Crippen molar-refractivity contribution >= 4 is 17.5 Å². The molecule has 1 fully saturated rings. The van der Waals surface area contributed by atoms with Crippen molar-refractivity contribution in [3.63, 3.8) is 0 Å². The van der Waals surface area contributed by atoms with Crippen LogP contribution in [0.15, 0.2) is 24.3 Å². The maximum Gasteiger partial charge on any atom is 0.260 e. The van der Waals surface area contributed by atoms with Crippen molar-refractivity contribution in [2.45, 2.75) is 26.7 Å². The molecule has 1 aliphatic heterocycles. The van der Waals surface area contributed by atoms with Crippen LogP contribution in [0.1, 0.15) is 26.7 Å². The molecule has 1 heterocycles. The Balaban J connectivity index is 1.90. The van der Waals surface area contributed by atoms with Gasteiger partial charge in [-0.2, -0.15) is 0 Å². The highest BCUT2D eigenvalue weighted by atomic mass is 16.5. The molecule has 114 valence electrons. The van der Waals surface area contributed by atoms with Crippen LogP contribution in [0.4, 0.5) is 5.69 Å². The molecule has 1 aromatic rings. The average Bonchev–Trinajstić information content (AvgIpc) is 2.46. The number of carbonyl (C=O) groups is 2. The second kappa shape index (κ2) is 7.11. The van der Waals surface area contributed by atoms with Gasteiger partial charge in [-0.15, -0.1) is 0 Å². The van der Waals surface area contributed by atoms with Gasteiger partial charge < -0.3 is 15.0 Å². The van der Waals surface area contributed by atoms with Crippen molar-refractivity contribution in [1.29, 1.82) is 0 Å². The summed E-state index contributed by atoms with van der Waals surface area (Å²) in [7, 11) is 0. The lowest BCUT2D eigenvalue weighted by atomic mass is 9.99. The van der Waals surface area contributed by atoms with E-state index < -0.39 is 0 Å². The maximum absolute atomic E-state index is 12.1. The Labute approximate surface area is 125 Å². The molecule has 0 atom stereocenters. The number of carbonyl (C=O) groups excluding carboxylic acids is 2. The van der Waals surface area contributed by atoms with E-state index in [1.165, 1.54) is 6.92 Å². The van der Waals surface area contributed by atoms with Crippen molar-refractivity contribution in [2.75, 3.05) is 25.0 Å². The number of benzene rings is 1. The highest BCUT2D eigenvalue weighted by molar-refractivity contribution is 5.90. The van der Waals surface area contributed by atoms with E-state index in [0.29, 0.717) is 17.4 Å². The summed E-state index contributed by atoms with van der Waals surface area (Å²) < 4.78 is 5.57. The SMILES string of the molecule is CC(=O)Nc1ccccc1OCC(=O)N1CCC(C)CC1. The molecule has 2 amide bonds. The number of nitrogens with one attached hydrogen (secondary N) is 1. The number of piperidine rings is 1. The summed E-state index contributed by atoms with van der Waals surface area (Å²) in [6, 6.07) is 7.13. The van der Waals surface area contributed by atoms with Gasteiger partial charge in [0.25, 0.3) is 5.91 Å². The van der Waals surface area contributed by atoms with Gasteiger partial charge >= 0.3 is 0 Å². The first-order valence-electron chi connectivity index (χ1n) is 7.33. The van der Waals surface area contributed by atoms with Gasteiger partial charge in [-0.3, -0.25) is 9.59 Å². The van der Waals surface area contributed by atoms with E-state index in [-0.39, 0.29) is 18.4 Å². The fourth-order valence-corrected chi connectivity index (χ4v) is 2.37. The Morgan fingerprint density at radius 2 is 1.95 bits per heavy atom. The van der Waals surface area contributed by atoms with Gasteiger partial charge in [0, 0.05) is 20.0 Å². The highest BCUT2D eigenvalue weighted by Gasteiger charge is 2.20. The smallest absolute Gasteiger partial charge is 0.260 e. The van der Waals surface area contributed by atoms with Crippen LogP contribution in [0.25, 0.3) is 0 Å². The lowest BCUT2D eigenvalue weighted by Crippen LogP contribution is -2.40. The van der Waals surface area contributed by atoms with Crippen molar-refractivity contribution < 1.29 is 14.3 Å². The molecule has 0 saturated carbocycles. The lowest BCUT2D eigenvalue weighted by Gasteiger charge is -2.30. The van der Waals surface area contributed by atoms with Crippen LogP contribution in [0, 0.1) is 5.92 Å². The Morgan fingerprint density at radius 1 is 1.29 bits per heavy atom. The number of anilines is 1. The number of amides is 2. The molecule has 1 N–H and O–H groups in total. The van der Waals surface area contributed by atoms with E-state index in [1.807, 2.05) is 17.0 Å². The first-order chi connectivity index (χ1) is 10.1. The van der Waals surface area contributed by atoms with E-state index >= 15 is 0 Å². The summed E-state index contributed by atoms with van der Waals surface area (Å²) in [6.45, 7) is 5.26. The second-order valence-electron chi connectivity index (χ2n) is 5.53. The molecule has 5 nitrogen and oxygen atoms in total. The molecule has 0 unspecified atom stereocenters. The third-order valence-electron chi connectivity index (χ3n) is 3.69. The molecule has 2 rings (SSSR count). The molecule has 0 spiro atoms. The molecule has 1 aliphatic rings. The first-order valence-corrected chi connectivity index (χ1v) is 7.33. The molecule has 1 saturated heterocycles. The largest absolute Gasteiger partial charge is 0.482 e. The molecular formula is C16H22N2O3. The van der Waals surface area contributed by atoms with Crippen molar-refractivity contribution in [3.05, 3.63) is 24.3 Å².